The summed E-state index contributed by atoms with van der Waals surface area (Å²) in [7, 11) is 0. The van der Waals surface area contributed by atoms with Crippen LogP contribution in [0.1, 0.15) is 25.8 Å². The van der Waals surface area contributed by atoms with Gasteiger partial charge in [-0.25, -0.2) is 0 Å². The Morgan fingerprint density at radius 2 is 1.75 bits per heavy atom. The number of nitrogens with one attached hydrogen (secondary N) is 2. The fourth-order valence-electron chi connectivity index (χ4n) is 1.62. The van der Waals surface area contributed by atoms with Gasteiger partial charge in [-0.1, -0.05) is 31.5 Å². The Kier molecular flexibility index (Phi) is 5.70. The van der Waals surface area contributed by atoms with Crippen LogP contribution in [0.25, 0.3) is 0 Å². The number of benzene rings is 1. The number of anilines is 1. The molecule has 5 heteroatoms. The van der Waals surface area contributed by atoms with Crippen LogP contribution in [0.15, 0.2) is 24.3 Å². The first-order valence-electron chi connectivity index (χ1n) is 6.61. The van der Waals surface area contributed by atoms with E-state index in [-0.39, 0.29) is 12.0 Å². The third-order valence-electron chi connectivity index (χ3n) is 3.03. The van der Waals surface area contributed by atoms with Crippen molar-refractivity contribution < 1.29 is 14.7 Å². The van der Waals surface area contributed by atoms with Crippen LogP contribution in [-0.2, 0) is 9.59 Å². The molecule has 1 aromatic carbocycles. The van der Waals surface area contributed by atoms with E-state index in [1.165, 1.54) is 0 Å². The number of aliphatic hydroxyl groups is 1. The van der Waals surface area contributed by atoms with Gasteiger partial charge in [0.05, 0.1) is 0 Å². The van der Waals surface area contributed by atoms with Crippen LogP contribution in [-0.4, -0.2) is 30.1 Å². The molecule has 0 heterocycles. The van der Waals surface area contributed by atoms with E-state index in [4.69, 9.17) is 5.11 Å². The number of hydrogen-bond donors (Lipinski definition) is 3. The molecule has 0 saturated heterocycles. The predicted octanol–water partition coefficient (Wildman–Crippen LogP) is 1.46. The summed E-state index contributed by atoms with van der Waals surface area (Å²) in [6, 6.07) is 7.21. The largest absolute Gasteiger partial charge is 0.396 e. The minimum Gasteiger partial charge on any atom is -0.396 e. The van der Waals surface area contributed by atoms with Gasteiger partial charge in [-0.05, 0) is 30.9 Å². The van der Waals surface area contributed by atoms with Crippen LogP contribution in [0.3, 0.4) is 0 Å². The summed E-state index contributed by atoms with van der Waals surface area (Å²) in [6.45, 7) is 6.18. The Morgan fingerprint density at radius 1 is 1.15 bits per heavy atom. The molecule has 3 N–H and O–H groups in total. The minimum atomic E-state index is -0.686. The summed E-state index contributed by atoms with van der Waals surface area (Å²) in [5, 5.41) is 14.0. The molecule has 0 radical (unpaired) electrons. The monoisotopic (exact) mass is 278 g/mol. The molecule has 0 aliphatic rings. The molecule has 0 bridgehead atoms. The van der Waals surface area contributed by atoms with Crippen molar-refractivity contribution in [1.29, 1.82) is 0 Å². The van der Waals surface area contributed by atoms with Crippen LogP contribution in [0, 0.1) is 12.3 Å². The number of aliphatic hydroxyl groups excluding tert-OH is 1. The van der Waals surface area contributed by atoms with Crippen molar-refractivity contribution in [3.8, 4) is 0 Å². The molecular weight excluding hydrogens is 256 g/mol. The summed E-state index contributed by atoms with van der Waals surface area (Å²) in [6.07, 6.45) is 0.562. The topological polar surface area (TPSA) is 78.4 Å². The number of carbonyl (C=O) groups excluding carboxylic acids is 2. The number of hydrogen-bond acceptors (Lipinski definition) is 3. The van der Waals surface area contributed by atoms with E-state index in [0.29, 0.717) is 18.7 Å². The molecule has 5 nitrogen and oxygen atoms in total. The molecule has 2 amide bonds. The average molecular weight is 278 g/mol. The summed E-state index contributed by atoms with van der Waals surface area (Å²) in [4.78, 5) is 23.4. The van der Waals surface area contributed by atoms with Gasteiger partial charge in [-0.3, -0.25) is 9.59 Å². The van der Waals surface area contributed by atoms with Crippen LogP contribution in [0.5, 0.6) is 0 Å². The van der Waals surface area contributed by atoms with Crippen molar-refractivity contribution in [2.45, 2.75) is 27.2 Å². The standard InChI is InChI=1S/C15H22N2O3/c1-11-4-6-12(7-5-11)17-14(20)13(19)16-10-15(2,3)8-9-18/h4-7,18H,8-10H2,1-3H3,(H,16,19)(H,17,20). The Labute approximate surface area is 119 Å². The van der Waals surface area contributed by atoms with Crippen molar-refractivity contribution in [3.63, 3.8) is 0 Å². The normalized spacial score (nSPS) is 11.0. The van der Waals surface area contributed by atoms with Gasteiger partial charge in [-0.2, -0.15) is 0 Å². The van der Waals surface area contributed by atoms with Crippen molar-refractivity contribution in [2.75, 3.05) is 18.5 Å². The number of rotatable bonds is 5. The van der Waals surface area contributed by atoms with Crippen molar-refractivity contribution in [2.24, 2.45) is 5.41 Å². The first-order valence-corrected chi connectivity index (χ1v) is 6.61. The predicted molar refractivity (Wildman–Crippen MR) is 78.3 cm³/mol. The zero-order valence-electron chi connectivity index (χ0n) is 12.2. The smallest absolute Gasteiger partial charge is 0.313 e. The van der Waals surface area contributed by atoms with E-state index in [2.05, 4.69) is 10.6 Å². The molecule has 0 saturated carbocycles. The lowest BCUT2D eigenvalue weighted by Gasteiger charge is -2.23. The lowest BCUT2D eigenvalue weighted by atomic mass is 9.90. The second kappa shape index (κ2) is 7.05. The van der Waals surface area contributed by atoms with Gasteiger partial charge in [0, 0.05) is 18.8 Å². The molecule has 1 aromatic rings. The van der Waals surface area contributed by atoms with Crippen LogP contribution in [0.4, 0.5) is 5.69 Å². The van der Waals surface area contributed by atoms with E-state index in [0.717, 1.165) is 5.56 Å². The Bertz CT molecular complexity index is 467. The quantitative estimate of drug-likeness (QED) is 0.713. The molecule has 1 rings (SSSR count). The number of aryl methyl sites for hydroxylation is 1. The van der Waals surface area contributed by atoms with Gasteiger partial charge in [-0.15, -0.1) is 0 Å². The Hall–Kier alpha value is -1.88. The third-order valence-corrected chi connectivity index (χ3v) is 3.03. The minimum absolute atomic E-state index is 0.0540. The molecule has 110 valence electrons. The summed E-state index contributed by atoms with van der Waals surface area (Å²) in [5.41, 5.74) is 1.43. The molecule has 0 spiro atoms. The molecule has 0 atom stereocenters. The van der Waals surface area contributed by atoms with Crippen molar-refractivity contribution in [3.05, 3.63) is 29.8 Å². The summed E-state index contributed by atoms with van der Waals surface area (Å²) < 4.78 is 0. The van der Waals surface area contributed by atoms with Gasteiger partial charge < -0.3 is 15.7 Å². The Balaban J connectivity index is 2.47. The van der Waals surface area contributed by atoms with E-state index in [9.17, 15) is 9.59 Å². The van der Waals surface area contributed by atoms with E-state index >= 15 is 0 Å². The van der Waals surface area contributed by atoms with Gasteiger partial charge in [0.15, 0.2) is 0 Å². The van der Waals surface area contributed by atoms with Gasteiger partial charge in [0.1, 0.15) is 0 Å². The highest BCUT2D eigenvalue weighted by molar-refractivity contribution is 6.39. The Morgan fingerprint density at radius 3 is 2.30 bits per heavy atom. The van der Waals surface area contributed by atoms with Crippen molar-refractivity contribution >= 4 is 17.5 Å². The lowest BCUT2D eigenvalue weighted by Crippen LogP contribution is -2.40. The second-order valence-electron chi connectivity index (χ2n) is 5.64. The zero-order valence-corrected chi connectivity index (χ0v) is 12.2. The molecule has 0 unspecified atom stereocenters. The second-order valence-corrected chi connectivity index (χ2v) is 5.64. The van der Waals surface area contributed by atoms with Gasteiger partial charge in [0.2, 0.25) is 0 Å². The first kappa shape index (κ1) is 16.2. The van der Waals surface area contributed by atoms with E-state index in [1.54, 1.807) is 12.1 Å². The van der Waals surface area contributed by atoms with Gasteiger partial charge in [0.25, 0.3) is 0 Å². The lowest BCUT2D eigenvalue weighted by molar-refractivity contribution is -0.136. The summed E-state index contributed by atoms with van der Waals surface area (Å²) >= 11 is 0. The average Bonchev–Trinajstić information content (AvgIpc) is 2.38. The highest BCUT2D eigenvalue weighted by Crippen LogP contribution is 2.17. The highest BCUT2D eigenvalue weighted by Gasteiger charge is 2.20. The molecule has 0 fully saturated rings. The first-order chi connectivity index (χ1) is 9.34. The van der Waals surface area contributed by atoms with Crippen LogP contribution in [0.2, 0.25) is 0 Å². The van der Waals surface area contributed by atoms with E-state index in [1.807, 2.05) is 32.9 Å². The molecule has 0 aromatic heterocycles. The molecule has 0 aliphatic heterocycles. The maximum Gasteiger partial charge on any atom is 0.313 e. The SMILES string of the molecule is Cc1ccc(NC(=O)C(=O)NCC(C)(C)CCO)cc1. The number of amides is 2. The molecule has 20 heavy (non-hydrogen) atoms. The fourth-order valence-corrected chi connectivity index (χ4v) is 1.62. The van der Waals surface area contributed by atoms with E-state index < -0.39 is 11.8 Å². The fraction of sp³-hybridized carbons (Fsp3) is 0.467. The third kappa shape index (κ3) is 5.40. The molecule has 0 aliphatic carbocycles. The summed E-state index contributed by atoms with van der Waals surface area (Å²) in [5.74, 6) is -1.36. The highest BCUT2D eigenvalue weighted by atomic mass is 16.3. The zero-order chi connectivity index (χ0) is 15.2. The van der Waals surface area contributed by atoms with Gasteiger partial charge >= 0.3 is 11.8 Å². The van der Waals surface area contributed by atoms with Crippen LogP contribution >= 0.6 is 0 Å². The van der Waals surface area contributed by atoms with Crippen LogP contribution < -0.4 is 10.6 Å². The van der Waals surface area contributed by atoms with Crippen molar-refractivity contribution in [1.82, 2.24) is 5.32 Å². The maximum atomic E-state index is 11.7. The maximum absolute atomic E-state index is 11.7. The number of carbonyl (C=O) groups is 2. The molecular formula is C15H22N2O3.